The lowest BCUT2D eigenvalue weighted by Gasteiger charge is -2.18. The number of H-pyrrole nitrogens is 1. The van der Waals surface area contributed by atoms with Crippen LogP contribution in [0.5, 0.6) is 11.5 Å². The predicted molar refractivity (Wildman–Crippen MR) is 94.4 cm³/mol. The number of carbonyl (C=O) groups is 1. The number of ether oxygens (including phenoxy) is 2. The summed E-state index contributed by atoms with van der Waals surface area (Å²) in [6, 6.07) is 7.22. The van der Waals surface area contributed by atoms with Crippen LogP contribution in [0.4, 0.5) is 0 Å². The Balaban J connectivity index is 1.67. The first-order chi connectivity index (χ1) is 12.4. The van der Waals surface area contributed by atoms with Gasteiger partial charge in [0.15, 0.2) is 17.1 Å². The number of aromatic amines is 1. The van der Waals surface area contributed by atoms with E-state index in [1.54, 1.807) is 32.0 Å². The molecule has 2 aromatic heterocycles. The number of amides is 1. The fraction of sp³-hybridized carbons (Fsp3) is 0.278. The van der Waals surface area contributed by atoms with Crippen LogP contribution in [-0.2, 0) is 13.6 Å². The average molecular weight is 354 g/mol. The first kappa shape index (κ1) is 16.2. The second kappa shape index (κ2) is 5.91. The van der Waals surface area contributed by atoms with E-state index in [0.29, 0.717) is 40.3 Å². The summed E-state index contributed by atoms with van der Waals surface area (Å²) in [5.41, 5.74) is 2.07. The Morgan fingerprint density at radius 2 is 2.08 bits per heavy atom. The van der Waals surface area contributed by atoms with E-state index in [1.165, 1.54) is 4.68 Å². The summed E-state index contributed by atoms with van der Waals surface area (Å²) in [6.45, 7) is 2.38. The number of carbonyl (C=O) groups excluding carboxylic acids is 1. The van der Waals surface area contributed by atoms with Crippen LogP contribution in [0.1, 0.15) is 21.6 Å². The Bertz CT molecular complexity index is 1080. The van der Waals surface area contributed by atoms with Gasteiger partial charge in [0.1, 0.15) is 0 Å². The third-order valence-electron chi connectivity index (χ3n) is 4.38. The maximum absolute atomic E-state index is 13.0. The number of hydrogen-bond acceptors (Lipinski definition) is 5. The van der Waals surface area contributed by atoms with Crippen molar-refractivity contribution in [2.75, 3.05) is 13.8 Å². The molecule has 1 amide bonds. The molecule has 1 N–H and O–H groups in total. The first-order valence-electron chi connectivity index (χ1n) is 8.14. The SMILES string of the molecule is Cc1cc(C(=O)N(C)Cc2ccc3c(c2)OCO3)c2c(=O)[nH]n(C)c2n1. The Morgan fingerprint density at radius 3 is 2.88 bits per heavy atom. The molecule has 26 heavy (non-hydrogen) atoms. The molecule has 1 aromatic carbocycles. The fourth-order valence-corrected chi connectivity index (χ4v) is 3.14. The zero-order valence-electron chi connectivity index (χ0n) is 14.7. The highest BCUT2D eigenvalue weighted by Crippen LogP contribution is 2.32. The highest BCUT2D eigenvalue weighted by molar-refractivity contribution is 6.05. The Kier molecular flexibility index (Phi) is 3.68. The lowest BCUT2D eigenvalue weighted by atomic mass is 10.1. The number of nitrogens with zero attached hydrogens (tertiary/aromatic N) is 3. The molecule has 8 nitrogen and oxygen atoms in total. The molecule has 0 saturated carbocycles. The first-order valence-corrected chi connectivity index (χ1v) is 8.14. The van der Waals surface area contributed by atoms with Gasteiger partial charge in [-0.15, -0.1) is 0 Å². The van der Waals surface area contributed by atoms with Gasteiger partial charge in [0, 0.05) is 26.3 Å². The summed E-state index contributed by atoms with van der Waals surface area (Å²) in [7, 11) is 3.40. The zero-order chi connectivity index (χ0) is 18.4. The van der Waals surface area contributed by atoms with Crippen LogP contribution < -0.4 is 15.0 Å². The normalized spacial score (nSPS) is 12.6. The van der Waals surface area contributed by atoms with E-state index >= 15 is 0 Å². The van der Waals surface area contributed by atoms with Crippen LogP contribution in [0.3, 0.4) is 0 Å². The molecule has 4 rings (SSSR count). The van der Waals surface area contributed by atoms with Crippen molar-refractivity contribution in [1.29, 1.82) is 0 Å². The molecule has 0 spiro atoms. The Labute approximate surface area is 148 Å². The molecular weight excluding hydrogens is 336 g/mol. The van der Waals surface area contributed by atoms with Crippen molar-refractivity contribution >= 4 is 16.9 Å². The molecule has 3 heterocycles. The van der Waals surface area contributed by atoms with Crippen molar-refractivity contribution in [3.8, 4) is 11.5 Å². The molecule has 0 saturated heterocycles. The van der Waals surface area contributed by atoms with Gasteiger partial charge in [-0.3, -0.25) is 19.4 Å². The van der Waals surface area contributed by atoms with Crippen molar-refractivity contribution < 1.29 is 14.3 Å². The zero-order valence-corrected chi connectivity index (χ0v) is 14.7. The monoisotopic (exact) mass is 354 g/mol. The number of rotatable bonds is 3. The van der Waals surface area contributed by atoms with Gasteiger partial charge in [-0.05, 0) is 30.7 Å². The second-order valence-corrected chi connectivity index (χ2v) is 6.36. The predicted octanol–water partition coefficient (Wildman–Crippen LogP) is 1.57. The molecule has 1 aliphatic rings. The van der Waals surface area contributed by atoms with Gasteiger partial charge in [-0.1, -0.05) is 6.07 Å². The number of pyridine rings is 1. The number of aryl methyl sites for hydroxylation is 2. The minimum absolute atomic E-state index is 0.207. The van der Waals surface area contributed by atoms with E-state index in [1.807, 2.05) is 18.2 Å². The summed E-state index contributed by atoms with van der Waals surface area (Å²) < 4.78 is 12.2. The van der Waals surface area contributed by atoms with Crippen LogP contribution in [0.15, 0.2) is 29.1 Å². The minimum Gasteiger partial charge on any atom is -0.454 e. The lowest BCUT2D eigenvalue weighted by Crippen LogP contribution is -2.27. The quantitative estimate of drug-likeness (QED) is 0.771. The van der Waals surface area contributed by atoms with Crippen molar-refractivity contribution in [1.82, 2.24) is 19.7 Å². The third kappa shape index (κ3) is 2.59. The van der Waals surface area contributed by atoms with E-state index in [9.17, 15) is 9.59 Å². The largest absolute Gasteiger partial charge is 0.454 e. The van der Waals surface area contributed by atoms with Gasteiger partial charge >= 0.3 is 0 Å². The van der Waals surface area contributed by atoms with Gasteiger partial charge in [-0.25, -0.2) is 4.98 Å². The van der Waals surface area contributed by atoms with Crippen molar-refractivity contribution in [2.24, 2.45) is 7.05 Å². The Morgan fingerprint density at radius 1 is 1.31 bits per heavy atom. The smallest absolute Gasteiger partial charge is 0.274 e. The average Bonchev–Trinajstić information content (AvgIpc) is 3.17. The van der Waals surface area contributed by atoms with E-state index in [0.717, 1.165) is 5.56 Å². The molecule has 0 fully saturated rings. The summed E-state index contributed by atoms with van der Waals surface area (Å²) in [5.74, 6) is 1.13. The molecule has 3 aromatic rings. The van der Waals surface area contributed by atoms with Gasteiger partial charge in [0.25, 0.3) is 11.5 Å². The number of fused-ring (bicyclic) bond motifs is 2. The van der Waals surface area contributed by atoms with Gasteiger partial charge in [0.2, 0.25) is 6.79 Å². The van der Waals surface area contributed by atoms with E-state index in [2.05, 4.69) is 10.1 Å². The molecule has 0 atom stereocenters. The molecule has 0 radical (unpaired) electrons. The molecule has 134 valence electrons. The lowest BCUT2D eigenvalue weighted by molar-refractivity contribution is 0.0786. The van der Waals surface area contributed by atoms with Crippen molar-refractivity contribution in [3.05, 3.63) is 51.4 Å². The number of benzene rings is 1. The summed E-state index contributed by atoms with van der Waals surface area (Å²) in [6.07, 6.45) is 0. The summed E-state index contributed by atoms with van der Waals surface area (Å²) >= 11 is 0. The van der Waals surface area contributed by atoms with Crippen LogP contribution in [0.2, 0.25) is 0 Å². The van der Waals surface area contributed by atoms with E-state index < -0.39 is 0 Å². The van der Waals surface area contributed by atoms with Crippen LogP contribution >= 0.6 is 0 Å². The van der Waals surface area contributed by atoms with Crippen LogP contribution in [-0.4, -0.2) is 39.4 Å². The van der Waals surface area contributed by atoms with Crippen LogP contribution in [0, 0.1) is 6.92 Å². The van der Waals surface area contributed by atoms with Crippen LogP contribution in [0.25, 0.3) is 11.0 Å². The van der Waals surface area contributed by atoms with Gasteiger partial charge in [0.05, 0.1) is 10.9 Å². The number of aromatic nitrogens is 3. The summed E-state index contributed by atoms with van der Waals surface area (Å²) in [4.78, 5) is 31.1. The fourth-order valence-electron chi connectivity index (χ4n) is 3.14. The summed E-state index contributed by atoms with van der Waals surface area (Å²) in [5, 5.41) is 2.96. The molecule has 0 bridgehead atoms. The van der Waals surface area contributed by atoms with E-state index in [-0.39, 0.29) is 18.3 Å². The van der Waals surface area contributed by atoms with Crippen molar-refractivity contribution in [3.63, 3.8) is 0 Å². The second-order valence-electron chi connectivity index (χ2n) is 6.36. The molecule has 1 aliphatic heterocycles. The third-order valence-corrected chi connectivity index (χ3v) is 4.38. The highest BCUT2D eigenvalue weighted by atomic mass is 16.7. The molecule has 0 unspecified atom stereocenters. The number of hydrogen-bond donors (Lipinski definition) is 1. The Hall–Kier alpha value is -3.29. The maximum atomic E-state index is 13.0. The molecule has 0 aliphatic carbocycles. The molecular formula is C18H18N4O4. The molecule has 8 heteroatoms. The van der Waals surface area contributed by atoms with Gasteiger partial charge < -0.3 is 14.4 Å². The van der Waals surface area contributed by atoms with Gasteiger partial charge in [-0.2, -0.15) is 0 Å². The highest BCUT2D eigenvalue weighted by Gasteiger charge is 2.21. The van der Waals surface area contributed by atoms with Crippen molar-refractivity contribution in [2.45, 2.75) is 13.5 Å². The van der Waals surface area contributed by atoms with E-state index in [4.69, 9.17) is 9.47 Å². The maximum Gasteiger partial charge on any atom is 0.274 e. The number of nitrogens with one attached hydrogen (secondary N) is 1. The standard InChI is InChI=1S/C18H18N4O4/c1-10-6-12(15-16(19-10)22(3)20-17(15)23)18(24)21(2)8-11-4-5-13-14(7-11)26-9-25-13/h4-7H,8-9H2,1-3H3,(H,20,23). The minimum atomic E-state index is -0.324. The topological polar surface area (TPSA) is 89.5 Å².